The molecule has 0 aliphatic heterocycles. The molecule has 0 bridgehead atoms. The zero-order chi connectivity index (χ0) is 12.2. The average molecular weight is 226 g/mol. The molecule has 0 heterocycles. The maximum Gasteiger partial charge on any atom is 0.226 e. The standard InChI is InChI=1S/C13H26N2O/c1-10(2)8-13(6-4-5-7-13)12(16)15-11(3)9-14/h10-11H,4-9,14H2,1-3H3,(H,15,16)/t11-/m1/s1. The molecule has 3 heteroatoms. The summed E-state index contributed by atoms with van der Waals surface area (Å²) in [5, 5.41) is 3.05. The Morgan fingerprint density at radius 3 is 2.31 bits per heavy atom. The molecule has 1 amide bonds. The number of nitrogens with one attached hydrogen (secondary N) is 1. The normalized spacial score (nSPS) is 21.1. The Kier molecular flexibility index (Phi) is 4.78. The minimum atomic E-state index is -0.0996. The number of amides is 1. The van der Waals surface area contributed by atoms with Crippen molar-refractivity contribution in [1.82, 2.24) is 5.32 Å². The van der Waals surface area contributed by atoms with Gasteiger partial charge in [-0.05, 0) is 32.1 Å². The highest BCUT2D eigenvalue weighted by molar-refractivity contribution is 5.83. The molecular weight excluding hydrogens is 200 g/mol. The average Bonchev–Trinajstić information content (AvgIpc) is 2.66. The molecule has 1 fully saturated rings. The highest BCUT2D eigenvalue weighted by atomic mass is 16.2. The Bertz CT molecular complexity index is 232. The van der Waals surface area contributed by atoms with Crippen molar-refractivity contribution in [2.45, 2.75) is 58.9 Å². The molecular formula is C13H26N2O. The van der Waals surface area contributed by atoms with Crippen molar-refractivity contribution in [2.75, 3.05) is 6.54 Å². The summed E-state index contributed by atoms with van der Waals surface area (Å²) in [6.45, 7) is 6.87. The minimum Gasteiger partial charge on any atom is -0.352 e. The fourth-order valence-corrected chi connectivity index (χ4v) is 2.79. The second-order valence-electron chi connectivity index (χ2n) is 5.70. The van der Waals surface area contributed by atoms with Crippen LogP contribution in [0.1, 0.15) is 52.9 Å². The zero-order valence-corrected chi connectivity index (χ0v) is 10.9. The predicted octanol–water partition coefficient (Wildman–Crippen LogP) is 2.06. The largest absolute Gasteiger partial charge is 0.352 e. The van der Waals surface area contributed by atoms with Crippen molar-refractivity contribution in [3.05, 3.63) is 0 Å². The third-order valence-electron chi connectivity index (χ3n) is 3.57. The number of hydrogen-bond donors (Lipinski definition) is 2. The molecule has 1 atom stereocenters. The number of hydrogen-bond acceptors (Lipinski definition) is 2. The third kappa shape index (κ3) is 3.21. The maximum absolute atomic E-state index is 12.3. The van der Waals surface area contributed by atoms with E-state index < -0.39 is 0 Å². The monoisotopic (exact) mass is 226 g/mol. The van der Waals surface area contributed by atoms with Crippen molar-refractivity contribution >= 4 is 5.91 Å². The van der Waals surface area contributed by atoms with E-state index in [1.807, 2.05) is 6.92 Å². The van der Waals surface area contributed by atoms with Crippen LogP contribution in [0.2, 0.25) is 0 Å². The van der Waals surface area contributed by atoms with Crippen LogP contribution in [0.4, 0.5) is 0 Å². The number of rotatable bonds is 5. The van der Waals surface area contributed by atoms with Crippen molar-refractivity contribution in [2.24, 2.45) is 17.1 Å². The minimum absolute atomic E-state index is 0.0946. The summed E-state index contributed by atoms with van der Waals surface area (Å²) in [5.74, 6) is 0.814. The van der Waals surface area contributed by atoms with Crippen molar-refractivity contribution in [1.29, 1.82) is 0 Å². The van der Waals surface area contributed by atoms with Crippen LogP contribution in [-0.2, 0) is 4.79 Å². The first-order valence-electron chi connectivity index (χ1n) is 6.51. The molecule has 94 valence electrons. The molecule has 3 N–H and O–H groups in total. The van der Waals surface area contributed by atoms with Crippen LogP contribution in [0.15, 0.2) is 0 Å². The van der Waals surface area contributed by atoms with E-state index >= 15 is 0 Å². The van der Waals surface area contributed by atoms with E-state index in [0.29, 0.717) is 12.5 Å². The molecule has 1 aliphatic rings. The van der Waals surface area contributed by atoms with E-state index in [1.165, 1.54) is 12.8 Å². The lowest BCUT2D eigenvalue weighted by Crippen LogP contribution is -2.46. The number of nitrogens with two attached hydrogens (primary N) is 1. The van der Waals surface area contributed by atoms with Crippen LogP contribution in [0, 0.1) is 11.3 Å². The second kappa shape index (κ2) is 5.67. The smallest absolute Gasteiger partial charge is 0.226 e. The van der Waals surface area contributed by atoms with E-state index in [1.54, 1.807) is 0 Å². The van der Waals surface area contributed by atoms with Crippen molar-refractivity contribution in [3.8, 4) is 0 Å². The molecule has 0 spiro atoms. The molecule has 0 saturated heterocycles. The van der Waals surface area contributed by atoms with Gasteiger partial charge >= 0.3 is 0 Å². The number of carbonyl (C=O) groups is 1. The van der Waals surface area contributed by atoms with Gasteiger partial charge in [0, 0.05) is 18.0 Å². The van der Waals surface area contributed by atoms with Crippen LogP contribution in [0.3, 0.4) is 0 Å². The van der Waals surface area contributed by atoms with E-state index in [0.717, 1.165) is 19.3 Å². The van der Waals surface area contributed by atoms with Gasteiger partial charge in [0.05, 0.1) is 0 Å². The van der Waals surface area contributed by atoms with Crippen molar-refractivity contribution in [3.63, 3.8) is 0 Å². The summed E-state index contributed by atoms with van der Waals surface area (Å²) in [5.41, 5.74) is 5.45. The Balaban J connectivity index is 2.65. The lowest BCUT2D eigenvalue weighted by atomic mass is 9.77. The first-order chi connectivity index (χ1) is 7.50. The first kappa shape index (κ1) is 13.5. The summed E-state index contributed by atoms with van der Waals surface area (Å²) in [4.78, 5) is 12.3. The van der Waals surface area contributed by atoms with E-state index in [2.05, 4.69) is 19.2 Å². The molecule has 1 rings (SSSR count). The third-order valence-corrected chi connectivity index (χ3v) is 3.57. The predicted molar refractivity (Wildman–Crippen MR) is 67.0 cm³/mol. The van der Waals surface area contributed by atoms with Gasteiger partial charge in [-0.25, -0.2) is 0 Å². The highest BCUT2D eigenvalue weighted by Gasteiger charge is 2.41. The Morgan fingerprint density at radius 1 is 1.31 bits per heavy atom. The van der Waals surface area contributed by atoms with Crippen LogP contribution < -0.4 is 11.1 Å². The van der Waals surface area contributed by atoms with Crippen molar-refractivity contribution < 1.29 is 4.79 Å². The van der Waals surface area contributed by atoms with Gasteiger partial charge in [0.2, 0.25) is 5.91 Å². The fourth-order valence-electron chi connectivity index (χ4n) is 2.79. The van der Waals surface area contributed by atoms with E-state index in [4.69, 9.17) is 5.73 Å². The SMILES string of the molecule is CC(C)CC1(C(=O)N[C@H](C)CN)CCCC1. The van der Waals surface area contributed by atoms with Gasteiger partial charge in [0.25, 0.3) is 0 Å². The topological polar surface area (TPSA) is 55.1 Å². The van der Waals surface area contributed by atoms with Crippen LogP contribution in [-0.4, -0.2) is 18.5 Å². The molecule has 3 nitrogen and oxygen atoms in total. The maximum atomic E-state index is 12.3. The quantitative estimate of drug-likeness (QED) is 0.754. The number of carbonyl (C=O) groups excluding carboxylic acids is 1. The molecule has 0 aromatic carbocycles. The van der Waals surface area contributed by atoms with E-state index in [-0.39, 0.29) is 17.4 Å². The summed E-state index contributed by atoms with van der Waals surface area (Å²) in [7, 11) is 0. The molecule has 0 aromatic heterocycles. The summed E-state index contributed by atoms with van der Waals surface area (Å²) < 4.78 is 0. The lowest BCUT2D eigenvalue weighted by Gasteiger charge is -2.30. The van der Waals surface area contributed by atoms with Gasteiger partial charge < -0.3 is 11.1 Å². The Labute approximate surface area is 99.2 Å². The molecule has 16 heavy (non-hydrogen) atoms. The Hall–Kier alpha value is -0.570. The molecule has 0 unspecified atom stereocenters. The zero-order valence-electron chi connectivity index (χ0n) is 10.9. The van der Waals surface area contributed by atoms with Crippen LogP contribution in [0.5, 0.6) is 0 Å². The fraction of sp³-hybridized carbons (Fsp3) is 0.923. The summed E-state index contributed by atoms with van der Waals surface area (Å²) in [6, 6.07) is 0.0946. The van der Waals surface area contributed by atoms with Crippen LogP contribution >= 0.6 is 0 Å². The van der Waals surface area contributed by atoms with Gasteiger partial charge in [-0.3, -0.25) is 4.79 Å². The molecule has 1 saturated carbocycles. The summed E-state index contributed by atoms with van der Waals surface area (Å²) >= 11 is 0. The summed E-state index contributed by atoms with van der Waals surface area (Å²) in [6.07, 6.45) is 5.49. The van der Waals surface area contributed by atoms with Gasteiger partial charge in [-0.1, -0.05) is 26.7 Å². The van der Waals surface area contributed by atoms with E-state index in [9.17, 15) is 4.79 Å². The molecule has 0 radical (unpaired) electrons. The molecule has 0 aromatic rings. The van der Waals surface area contributed by atoms with Gasteiger partial charge in [-0.15, -0.1) is 0 Å². The highest BCUT2D eigenvalue weighted by Crippen LogP contribution is 2.43. The first-order valence-corrected chi connectivity index (χ1v) is 6.51. The molecule has 1 aliphatic carbocycles. The van der Waals surface area contributed by atoms with Gasteiger partial charge in [-0.2, -0.15) is 0 Å². The van der Waals surface area contributed by atoms with Gasteiger partial charge in [0.1, 0.15) is 0 Å². The van der Waals surface area contributed by atoms with Gasteiger partial charge in [0.15, 0.2) is 0 Å². The second-order valence-corrected chi connectivity index (χ2v) is 5.70. The lowest BCUT2D eigenvalue weighted by molar-refractivity contribution is -0.132. The van der Waals surface area contributed by atoms with Crippen LogP contribution in [0.25, 0.3) is 0 Å². The Morgan fingerprint density at radius 2 is 1.88 bits per heavy atom.